The minimum atomic E-state index is -0.145. The standard InChI is InChI=1S/C44H34N4O/c1-44(2)36-24-33(18-20-34(36)35-22-30-12-8-9-13-31(30)23-37(35)44)39-26-38(45-42(46-39)29-10-6-5-7-11-29)28-16-14-27(15-17-28)32-19-21-40-41(25-32)48(4)43(49)47(40)3/h5-26H,1-4H3. The molecule has 0 amide bonds. The van der Waals surface area contributed by atoms with Gasteiger partial charge in [-0.25, -0.2) is 14.8 Å². The van der Waals surface area contributed by atoms with Gasteiger partial charge < -0.3 is 0 Å². The molecule has 0 aliphatic heterocycles. The molecule has 49 heavy (non-hydrogen) atoms. The van der Waals surface area contributed by atoms with Crippen LogP contribution in [0.2, 0.25) is 0 Å². The Morgan fingerprint density at radius 2 is 1.08 bits per heavy atom. The highest BCUT2D eigenvalue weighted by Gasteiger charge is 2.36. The maximum absolute atomic E-state index is 12.5. The van der Waals surface area contributed by atoms with Gasteiger partial charge in [0.25, 0.3) is 0 Å². The number of nitrogens with zero attached hydrogens (tertiary/aromatic N) is 4. The summed E-state index contributed by atoms with van der Waals surface area (Å²) in [6.45, 7) is 4.65. The van der Waals surface area contributed by atoms with Crippen molar-refractivity contribution >= 4 is 21.8 Å². The molecule has 9 rings (SSSR count). The van der Waals surface area contributed by atoms with Gasteiger partial charge in [0.1, 0.15) is 0 Å². The minimum Gasteiger partial charge on any atom is -0.295 e. The lowest BCUT2D eigenvalue weighted by atomic mass is 9.81. The molecule has 1 aliphatic rings. The van der Waals surface area contributed by atoms with E-state index in [0.29, 0.717) is 5.82 Å². The van der Waals surface area contributed by atoms with Crippen LogP contribution in [0, 0.1) is 0 Å². The highest BCUT2D eigenvalue weighted by atomic mass is 16.1. The van der Waals surface area contributed by atoms with Crippen LogP contribution in [0.25, 0.3) is 78.0 Å². The van der Waals surface area contributed by atoms with Crippen molar-refractivity contribution in [2.24, 2.45) is 14.1 Å². The first-order valence-electron chi connectivity index (χ1n) is 16.7. The molecule has 0 unspecified atom stereocenters. The zero-order valence-electron chi connectivity index (χ0n) is 27.9. The van der Waals surface area contributed by atoms with Crippen LogP contribution in [0.3, 0.4) is 0 Å². The van der Waals surface area contributed by atoms with E-state index in [1.165, 1.54) is 33.0 Å². The third-order valence-corrected chi connectivity index (χ3v) is 10.4. The fourth-order valence-electron chi connectivity index (χ4n) is 7.56. The third kappa shape index (κ3) is 4.57. The molecule has 6 aromatic carbocycles. The monoisotopic (exact) mass is 634 g/mol. The first-order chi connectivity index (χ1) is 23.8. The molecule has 0 N–H and O–H groups in total. The van der Waals surface area contributed by atoms with Gasteiger partial charge in [0.2, 0.25) is 0 Å². The Balaban J connectivity index is 1.14. The van der Waals surface area contributed by atoms with Gasteiger partial charge in [-0.05, 0) is 80.6 Å². The Morgan fingerprint density at radius 3 is 1.84 bits per heavy atom. The molecule has 8 aromatic rings. The molecule has 0 atom stereocenters. The normalized spacial score (nSPS) is 13.1. The number of hydrogen-bond donors (Lipinski definition) is 0. The molecule has 5 nitrogen and oxygen atoms in total. The van der Waals surface area contributed by atoms with E-state index < -0.39 is 0 Å². The molecule has 5 heteroatoms. The number of hydrogen-bond acceptors (Lipinski definition) is 3. The molecule has 1 aliphatic carbocycles. The summed E-state index contributed by atoms with van der Waals surface area (Å²) in [6, 6.07) is 47.1. The van der Waals surface area contributed by atoms with E-state index in [9.17, 15) is 4.79 Å². The molecular formula is C44H34N4O. The van der Waals surface area contributed by atoms with E-state index >= 15 is 0 Å². The van der Waals surface area contributed by atoms with E-state index in [1.807, 2.05) is 38.4 Å². The van der Waals surface area contributed by atoms with E-state index in [1.54, 1.807) is 9.13 Å². The summed E-state index contributed by atoms with van der Waals surface area (Å²) in [5.74, 6) is 0.696. The maximum atomic E-state index is 12.5. The Labute approximate surface area is 284 Å². The average Bonchev–Trinajstić information content (AvgIpc) is 3.50. The van der Waals surface area contributed by atoms with Crippen LogP contribution in [0.1, 0.15) is 25.0 Å². The SMILES string of the molecule is Cn1c(=O)n(C)c2cc(-c3ccc(-c4cc(-c5ccc6c(c5)C(C)(C)c5cc7ccccc7cc5-6)nc(-c5ccccc5)n4)cc3)ccc21. The molecule has 0 radical (unpaired) electrons. The van der Waals surface area contributed by atoms with Crippen LogP contribution in [0.4, 0.5) is 0 Å². The van der Waals surface area contributed by atoms with E-state index in [2.05, 4.69) is 123 Å². The molecule has 236 valence electrons. The summed E-state index contributed by atoms with van der Waals surface area (Å²) in [4.78, 5) is 22.7. The summed E-state index contributed by atoms with van der Waals surface area (Å²) >= 11 is 0. The first kappa shape index (κ1) is 29.1. The zero-order valence-corrected chi connectivity index (χ0v) is 27.9. The molecule has 2 heterocycles. The Morgan fingerprint density at radius 1 is 0.490 bits per heavy atom. The molecular weight excluding hydrogens is 601 g/mol. The number of aryl methyl sites for hydroxylation is 2. The molecule has 0 saturated heterocycles. The van der Waals surface area contributed by atoms with Gasteiger partial charge in [0.15, 0.2) is 5.82 Å². The fraction of sp³-hybridized carbons (Fsp3) is 0.114. The van der Waals surface area contributed by atoms with Crippen LogP contribution in [-0.2, 0) is 19.5 Å². The Hall–Kier alpha value is -6.07. The van der Waals surface area contributed by atoms with Crippen molar-refractivity contribution in [1.82, 2.24) is 19.1 Å². The summed E-state index contributed by atoms with van der Waals surface area (Å²) in [5.41, 5.74) is 13.9. The van der Waals surface area contributed by atoms with Crippen LogP contribution in [0.5, 0.6) is 0 Å². The summed E-state index contributed by atoms with van der Waals surface area (Å²) < 4.78 is 3.38. The van der Waals surface area contributed by atoms with Gasteiger partial charge >= 0.3 is 5.69 Å². The predicted molar refractivity (Wildman–Crippen MR) is 201 cm³/mol. The second kappa shape index (κ2) is 10.7. The van der Waals surface area contributed by atoms with E-state index in [-0.39, 0.29) is 11.1 Å². The lowest BCUT2D eigenvalue weighted by Gasteiger charge is -2.22. The smallest absolute Gasteiger partial charge is 0.295 e. The van der Waals surface area contributed by atoms with Crippen LogP contribution in [-0.4, -0.2) is 19.1 Å². The number of imidazole rings is 1. The molecule has 0 saturated carbocycles. The van der Waals surface area contributed by atoms with Crippen molar-refractivity contribution in [2.75, 3.05) is 0 Å². The quantitative estimate of drug-likeness (QED) is 0.194. The zero-order chi connectivity index (χ0) is 33.4. The lowest BCUT2D eigenvalue weighted by molar-refractivity contribution is 0.661. The second-order valence-electron chi connectivity index (χ2n) is 13.6. The van der Waals surface area contributed by atoms with Gasteiger partial charge in [0.05, 0.1) is 22.4 Å². The number of aromatic nitrogens is 4. The average molecular weight is 635 g/mol. The fourth-order valence-corrected chi connectivity index (χ4v) is 7.56. The van der Waals surface area contributed by atoms with Crippen molar-refractivity contribution in [1.29, 1.82) is 0 Å². The minimum absolute atomic E-state index is 0.0266. The molecule has 2 aromatic heterocycles. The van der Waals surface area contributed by atoms with Crippen LogP contribution < -0.4 is 5.69 Å². The topological polar surface area (TPSA) is 52.7 Å². The Kier molecular flexibility index (Phi) is 6.37. The summed E-state index contributed by atoms with van der Waals surface area (Å²) in [7, 11) is 3.63. The van der Waals surface area contributed by atoms with Gasteiger partial charge in [-0.3, -0.25) is 9.13 Å². The number of benzene rings is 6. The first-order valence-corrected chi connectivity index (χ1v) is 16.7. The highest BCUT2D eigenvalue weighted by Crippen LogP contribution is 2.50. The van der Waals surface area contributed by atoms with E-state index in [4.69, 9.17) is 9.97 Å². The molecule has 0 spiro atoms. The van der Waals surface area contributed by atoms with Crippen molar-refractivity contribution < 1.29 is 0 Å². The van der Waals surface area contributed by atoms with E-state index in [0.717, 1.165) is 50.2 Å². The van der Waals surface area contributed by atoms with Gasteiger partial charge in [0, 0.05) is 36.2 Å². The predicted octanol–water partition coefficient (Wildman–Crippen LogP) is 9.79. The van der Waals surface area contributed by atoms with Gasteiger partial charge in [-0.15, -0.1) is 0 Å². The van der Waals surface area contributed by atoms with Crippen molar-refractivity contribution in [3.05, 3.63) is 155 Å². The van der Waals surface area contributed by atoms with Crippen molar-refractivity contribution in [3.8, 4) is 56.2 Å². The highest BCUT2D eigenvalue weighted by molar-refractivity contribution is 5.94. The maximum Gasteiger partial charge on any atom is 0.328 e. The lowest BCUT2D eigenvalue weighted by Crippen LogP contribution is -2.19. The second-order valence-corrected chi connectivity index (χ2v) is 13.6. The van der Waals surface area contributed by atoms with Crippen molar-refractivity contribution in [3.63, 3.8) is 0 Å². The third-order valence-electron chi connectivity index (χ3n) is 10.4. The largest absolute Gasteiger partial charge is 0.328 e. The number of fused-ring (bicyclic) bond motifs is 5. The van der Waals surface area contributed by atoms with Gasteiger partial charge in [-0.1, -0.05) is 111 Å². The Bertz CT molecular complexity index is 2660. The van der Waals surface area contributed by atoms with Gasteiger partial charge in [-0.2, -0.15) is 0 Å². The molecule has 0 bridgehead atoms. The van der Waals surface area contributed by atoms with Crippen molar-refractivity contribution in [2.45, 2.75) is 19.3 Å². The summed E-state index contributed by atoms with van der Waals surface area (Å²) in [6.07, 6.45) is 0. The summed E-state index contributed by atoms with van der Waals surface area (Å²) in [5, 5.41) is 2.53. The molecule has 0 fully saturated rings. The van der Waals surface area contributed by atoms with Crippen LogP contribution >= 0.6 is 0 Å². The van der Waals surface area contributed by atoms with Crippen LogP contribution in [0.15, 0.2) is 138 Å². The number of rotatable bonds is 4.